The van der Waals surface area contributed by atoms with Gasteiger partial charge in [-0.2, -0.15) is 0 Å². The molecule has 0 unspecified atom stereocenters. The van der Waals surface area contributed by atoms with Crippen molar-refractivity contribution in [3.63, 3.8) is 0 Å². The minimum Gasteiger partial charge on any atom is -0.466 e. The first-order valence-corrected chi connectivity index (χ1v) is 12.0. The Kier molecular flexibility index (Phi) is 8.48. The van der Waals surface area contributed by atoms with Crippen LogP contribution in [0.1, 0.15) is 21.5 Å². The molecule has 1 atom stereocenters. The highest BCUT2D eigenvalue weighted by Crippen LogP contribution is 2.34. The lowest BCUT2D eigenvalue weighted by molar-refractivity contribution is -0.121. The molecule has 0 aliphatic carbocycles. The highest BCUT2D eigenvalue weighted by molar-refractivity contribution is 8.26. The molecule has 1 aliphatic heterocycles. The molecule has 33 heavy (non-hydrogen) atoms. The van der Waals surface area contributed by atoms with Crippen molar-refractivity contribution in [3.05, 3.63) is 82.8 Å². The number of nitrogens with one attached hydrogen (secondary N) is 1. The summed E-state index contributed by atoms with van der Waals surface area (Å²) in [5.74, 6) is -0.239. The lowest BCUT2D eigenvalue weighted by Crippen LogP contribution is -2.47. The molecular weight excluding hydrogens is 523 g/mol. The summed E-state index contributed by atoms with van der Waals surface area (Å²) >= 11 is 24.6. The van der Waals surface area contributed by atoms with E-state index in [1.165, 1.54) is 16.7 Å². The molecule has 1 fully saturated rings. The van der Waals surface area contributed by atoms with Crippen LogP contribution in [-0.4, -0.2) is 37.6 Å². The Labute approximate surface area is 216 Å². The third kappa shape index (κ3) is 6.74. The minimum atomic E-state index is -1.92. The fraction of sp³-hybridized carbons (Fsp3) is 0.174. The molecule has 5 nitrogen and oxygen atoms in total. The van der Waals surface area contributed by atoms with E-state index < -0.39 is 15.9 Å². The number of hydrogen-bond acceptors (Lipinski definition) is 5. The summed E-state index contributed by atoms with van der Waals surface area (Å²) in [5, 5.41) is 2.60. The first-order valence-electron chi connectivity index (χ1n) is 9.65. The van der Waals surface area contributed by atoms with Crippen LogP contribution in [0.2, 0.25) is 0 Å². The first kappa shape index (κ1) is 25.6. The second-order valence-electron chi connectivity index (χ2n) is 7.03. The molecule has 0 saturated carbocycles. The normalized spacial score (nSPS) is 16.1. The fourth-order valence-corrected chi connectivity index (χ4v) is 4.37. The number of amides is 2. The summed E-state index contributed by atoms with van der Waals surface area (Å²) in [4.78, 5) is 27.0. The van der Waals surface area contributed by atoms with Gasteiger partial charge in [-0.15, -0.1) is 6.58 Å². The molecule has 1 N–H and O–H groups in total. The number of nitrogens with zero attached hydrogens (tertiary/aromatic N) is 1. The highest BCUT2D eigenvalue weighted by Gasteiger charge is 2.36. The molecule has 0 aromatic heterocycles. The van der Waals surface area contributed by atoms with Crippen LogP contribution in [-0.2, 0) is 4.79 Å². The summed E-state index contributed by atoms with van der Waals surface area (Å²) in [6, 6.07) is 13.8. The van der Waals surface area contributed by atoms with E-state index in [2.05, 4.69) is 11.9 Å². The van der Waals surface area contributed by atoms with Gasteiger partial charge in [-0.3, -0.25) is 14.5 Å². The van der Waals surface area contributed by atoms with Crippen molar-refractivity contribution in [1.82, 2.24) is 10.2 Å². The van der Waals surface area contributed by atoms with Gasteiger partial charge in [0, 0.05) is 12.1 Å². The summed E-state index contributed by atoms with van der Waals surface area (Å²) in [5.41, 5.74) is 2.19. The van der Waals surface area contributed by atoms with Crippen molar-refractivity contribution >= 4 is 81.0 Å². The van der Waals surface area contributed by atoms with Gasteiger partial charge in [-0.05, 0) is 42.8 Å². The quantitative estimate of drug-likeness (QED) is 0.156. The van der Waals surface area contributed by atoms with E-state index in [4.69, 9.17) is 51.8 Å². The Bertz CT molecular complexity index is 1100. The predicted octanol–water partition coefficient (Wildman–Crippen LogP) is 5.89. The van der Waals surface area contributed by atoms with E-state index in [0.29, 0.717) is 27.1 Å². The van der Waals surface area contributed by atoms with Crippen molar-refractivity contribution in [1.29, 1.82) is 0 Å². The Morgan fingerprint density at radius 2 is 1.85 bits per heavy atom. The monoisotopic (exact) mass is 540 g/mol. The van der Waals surface area contributed by atoms with Crippen LogP contribution in [0.4, 0.5) is 0 Å². The Morgan fingerprint density at radius 3 is 2.42 bits per heavy atom. The average molecular weight is 542 g/mol. The topological polar surface area (TPSA) is 58.6 Å². The minimum absolute atomic E-state index is 0.166. The second kappa shape index (κ2) is 10.9. The number of hydrogen-bond donors (Lipinski definition) is 1. The smallest absolute Gasteiger partial charge is 0.266 e. The number of aryl methyl sites for hydroxylation is 1. The zero-order valence-corrected chi connectivity index (χ0v) is 21.3. The number of ether oxygens (including phenoxy) is 1. The molecule has 3 rings (SSSR count). The van der Waals surface area contributed by atoms with Crippen LogP contribution in [0.3, 0.4) is 0 Å². The molecule has 0 bridgehead atoms. The summed E-state index contributed by atoms with van der Waals surface area (Å²) in [7, 11) is 0. The molecule has 2 amide bonds. The van der Waals surface area contributed by atoms with Gasteiger partial charge in [-0.25, -0.2) is 0 Å². The van der Waals surface area contributed by atoms with Crippen molar-refractivity contribution in [2.45, 2.75) is 16.9 Å². The van der Waals surface area contributed by atoms with Crippen molar-refractivity contribution in [2.75, 3.05) is 6.54 Å². The van der Waals surface area contributed by atoms with Crippen molar-refractivity contribution in [3.8, 4) is 5.75 Å². The van der Waals surface area contributed by atoms with Gasteiger partial charge < -0.3 is 10.1 Å². The van der Waals surface area contributed by atoms with E-state index in [0.717, 1.165) is 11.1 Å². The van der Waals surface area contributed by atoms with Crippen molar-refractivity contribution in [2.24, 2.45) is 0 Å². The molecule has 1 heterocycles. The molecule has 2 aromatic rings. The van der Waals surface area contributed by atoms with Crippen LogP contribution in [0.15, 0.2) is 66.1 Å². The van der Waals surface area contributed by atoms with Gasteiger partial charge in [0.25, 0.3) is 11.8 Å². The zero-order chi connectivity index (χ0) is 24.2. The second-order valence-corrected chi connectivity index (χ2v) is 11.1. The van der Waals surface area contributed by atoms with Gasteiger partial charge in [0.05, 0.1) is 4.91 Å². The van der Waals surface area contributed by atoms with Gasteiger partial charge in [-0.1, -0.05) is 94.7 Å². The van der Waals surface area contributed by atoms with E-state index in [1.54, 1.807) is 48.6 Å². The Hall–Kier alpha value is -2.03. The number of thioether (sulfide) groups is 1. The highest BCUT2D eigenvalue weighted by atomic mass is 35.6. The van der Waals surface area contributed by atoms with Gasteiger partial charge in [0.1, 0.15) is 10.1 Å². The van der Waals surface area contributed by atoms with Crippen molar-refractivity contribution < 1.29 is 14.3 Å². The van der Waals surface area contributed by atoms with Crippen LogP contribution in [0.5, 0.6) is 5.75 Å². The van der Waals surface area contributed by atoms with Crippen LogP contribution in [0, 0.1) is 6.92 Å². The van der Waals surface area contributed by atoms with Gasteiger partial charge in [0.15, 0.2) is 0 Å². The number of rotatable bonds is 7. The Balaban J connectivity index is 1.71. The number of halogens is 3. The predicted molar refractivity (Wildman–Crippen MR) is 140 cm³/mol. The third-order valence-corrected chi connectivity index (χ3v) is 6.46. The summed E-state index contributed by atoms with van der Waals surface area (Å²) in [6.45, 7) is 5.92. The maximum Gasteiger partial charge on any atom is 0.266 e. The number of alkyl halides is 3. The summed E-state index contributed by atoms with van der Waals surface area (Å²) in [6.07, 6.45) is 2.12. The molecule has 0 radical (unpaired) electrons. The molecule has 1 aliphatic rings. The Morgan fingerprint density at radius 1 is 1.21 bits per heavy atom. The van der Waals surface area contributed by atoms with Crippen LogP contribution >= 0.6 is 58.8 Å². The third-order valence-electron chi connectivity index (χ3n) is 4.49. The molecule has 172 valence electrons. The number of thiocarbonyl (C=S) groups is 1. The number of benzene rings is 2. The van der Waals surface area contributed by atoms with Gasteiger partial charge in [0.2, 0.25) is 10.0 Å². The lowest BCUT2D eigenvalue weighted by Gasteiger charge is -2.26. The van der Waals surface area contributed by atoms with Crippen LogP contribution in [0.25, 0.3) is 6.08 Å². The maximum atomic E-state index is 12.6. The molecule has 1 saturated heterocycles. The summed E-state index contributed by atoms with van der Waals surface area (Å²) < 4.78 is 4.31. The number of carbonyl (C=O) groups excluding carboxylic acids is 2. The SMILES string of the molecule is C=CCN1C(=O)/C(=C/c2ccc(O[C@@H](NC(=O)c3ccc(C)cc3)C(Cl)(Cl)Cl)cc2)SC1=S. The van der Waals surface area contributed by atoms with E-state index in [-0.39, 0.29) is 5.91 Å². The fourth-order valence-electron chi connectivity index (χ4n) is 2.80. The van der Waals surface area contributed by atoms with E-state index in [9.17, 15) is 9.59 Å². The standard InChI is InChI=1S/C23H19Cl3N2O3S2/c1-3-12-28-20(30)18(33-22(28)32)13-15-6-10-17(11-7-15)31-21(23(24,25)26)27-19(29)16-8-4-14(2)5-9-16/h3-11,13,21H,1,12H2,2H3,(H,27,29)/b18-13-/t21-/m1/s1. The molecule has 0 spiro atoms. The largest absolute Gasteiger partial charge is 0.466 e. The average Bonchev–Trinajstić information content (AvgIpc) is 3.02. The van der Waals surface area contributed by atoms with Gasteiger partial charge >= 0.3 is 0 Å². The molecular formula is C23H19Cl3N2O3S2. The number of carbonyl (C=O) groups is 2. The van der Waals surface area contributed by atoms with Crippen LogP contribution < -0.4 is 10.1 Å². The lowest BCUT2D eigenvalue weighted by atomic mass is 10.1. The molecule has 10 heteroatoms. The molecule has 2 aromatic carbocycles. The van der Waals surface area contributed by atoms with E-state index in [1.807, 2.05) is 19.1 Å². The first-order chi connectivity index (χ1) is 15.6. The van der Waals surface area contributed by atoms with E-state index >= 15 is 0 Å². The maximum absolute atomic E-state index is 12.6. The zero-order valence-electron chi connectivity index (χ0n) is 17.4.